The summed E-state index contributed by atoms with van der Waals surface area (Å²) in [6.07, 6.45) is -43.7. The number of hydrogen-bond donors (Lipinski definition) is 17. The normalized spacial score (nSPS) is 44.2. The fraction of sp³-hybridized carbons (Fsp3) is 0.975. The first kappa shape index (κ1) is 61.4. The van der Waals surface area contributed by atoms with Gasteiger partial charge in [0.05, 0.1) is 40.1 Å². The molecular weight excluding hydrogens is 1010 g/mol. The minimum absolute atomic E-state index is 0.0745. The fourth-order valence-corrected chi connectivity index (χ4v) is 8.88. The van der Waals surface area contributed by atoms with E-state index in [0.717, 1.165) is 19.3 Å². The van der Waals surface area contributed by atoms with Crippen molar-refractivity contribution >= 4 is 13.8 Å². The van der Waals surface area contributed by atoms with Crippen molar-refractivity contribution in [3.05, 3.63) is 0 Å². The molecule has 17 N–H and O–H groups in total. The highest BCUT2D eigenvalue weighted by molar-refractivity contribution is 7.46. The summed E-state index contributed by atoms with van der Waals surface area (Å²) in [6.45, 7) is -4.73. The molecule has 0 bridgehead atoms. The zero-order valence-electron chi connectivity index (χ0n) is 38.9. The number of unbranched alkanes of at least 4 members (excludes halogenated alkanes) is 5. The zero-order valence-corrected chi connectivity index (χ0v) is 39.8. The molecule has 0 aromatic carbocycles. The lowest BCUT2D eigenvalue weighted by atomic mass is 9.96. The largest absolute Gasteiger partial charge is 0.469 e. The summed E-state index contributed by atoms with van der Waals surface area (Å²) in [5, 5.41) is 160. The fourth-order valence-electron chi connectivity index (χ4n) is 8.54. The van der Waals surface area contributed by atoms with Gasteiger partial charge in [0.15, 0.2) is 31.5 Å². The van der Waals surface area contributed by atoms with Gasteiger partial charge < -0.3 is 138 Å². The van der Waals surface area contributed by atoms with Crippen LogP contribution in [0.1, 0.15) is 44.9 Å². The third-order valence-corrected chi connectivity index (χ3v) is 13.3. The third-order valence-electron chi connectivity index (χ3n) is 12.8. The van der Waals surface area contributed by atoms with Crippen LogP contribution < -0.4 is 0 Å². The molecule has 0 aromatic heterocycles. The van der Waals surface area contributed by atoms with Crippen molar-refractivity contribution in [2.45, 2.75) is 198 Å². The highest BCUT2D eigenvalue weighted by Crippen LogP contribution is 2.38. The van der Waals surface area contributed by atoms with Crippen molar-refractivity contribution in [3.8, 4) is 0 Å². The lowest BCUT2D eigenvalue weighted by molar-refractivity contribution is -0.392. The van der Waals surface area contributed by atoms with Crippen LogP contribution in [0.3, 0.4) is 0 Å². The molecule has 31 nitrogen and oxygen atoms in total. The van der Waals surface area contributed by atoms with Crippen LogP contribution in [-0.4, -0.2) is 293 Å². The summed E-state index contributed by atoms with van der Waals surface area (Å²) >= 11 is 0. The van der Waals surface area contributed by atoms with Gasteiger partial charge in [-0.2, -0.15) is 0 Å². The Morgan fingerprint density at radius 3 is 1.38 bits per heavy atom. The van der Waals surface area contributed by atoms with Crippen molar-refractivity contribution < 1.29 is 152 Å². The van der Waals surface area contributed by atoms with E-state index in [4.69, 9.17) is 57.2 Å². The number of ether oxygens (including phenoxy) is 11. The first-order valence-electron chi connectivity index (χ1n) is 23.3. The minimum Gasteiger partial charge on any atom is -0.469 e. The van der Waals surface area contributed by atoms with Crippen LogP contribution in [0.15, 0.2) is 0 Å². The molecule has 0 spiro atoms. The Balaban J connectivity index is 1.37. The number of phosphoric acid groups is 1. The Bertz CT molecular complexity index is 1650. The Labute approximate surface area is 411 Å². The van der Waals surface area contributed by atoms with Crippen LogP contribution in [0.5, 0.6) is 0 Å². The van der Waals surface area contributed by atoms with Crippen LogP contribution in [0.2, 0.25) is 0 Å². The van der Waals surface area contributed by atoms with Crippen LogP contribution in [0.25, 0.3) is 0 Å². The average Bonchev–Trinajstić information content (AvgIpc) is 3.35. The zero-order chi connectivity index (χ0) is 53.2. The second kappa shape index (κ2) is 28.3. The third kappa shape index (κ3) is 15.6. The molecule has 32 heteroatoms. The molecule has 0 saturated carbocycles. The minimum atomic E-state index is -5.16. The molecule has 5 heterocycles. The Morgan fingerprint density at radius 2 is 0.847 bits per heavy atom. The van der Waals surface area contributed by atoms with Crippen LogP contribution in [0, 0.1) is 0 Å². The van der Waals surface area contributed by atoms with Gasteiger partial charge in [0.25, 0.3) is 0 Å². The highest BCUT2D eigenvalue weighted by atomic mass is 31.2. The number of phosphoric ester groups is 1. The Morgan fingerprint density at radius 1 is 0.431 bits per heavy atom. The number of carbonyl (C=O) groups excluding carboxylic acids is 1. The number of rotatable bonds is 25. The topological polar surface area (TPSA) is 489 Å². The number of carbonyl (C=O) groups is 1. The van der Waals surface area contributed by atoms with Gasteiger partial charge in [-0.25, -0.2) is 4.57 Å². The van der Waals surface area contributed by atoms with Gasteiger partial charge in [-0.1, -0.05) is 25.7 Å². The van der Waals surface area contributed by atoms with E-state index in [9.17, 15) is 86.0 Å². The standard InChI is InChI=1S/C40H71O31P/c1-60-20(44)8-6-4-2-3-5-7-9-61-36-32(56)33(69-40-35(29(53)23(47)17(12-43)66-40)71-37-30(54)26(50)21(45)15(10-41)64-37)25(49)18(67-36)13-62-39-34(28(52)22(46)16(11-42)65-39)70-38-31(55)27(51)24(48)19(68-38)14-63-72(57,58)59/h15-19,21-43,45-56H,2-14H2,1H3,(H2,57,58,59)/t15-,16-,17-,18-,19-,21-,22-,23-,24-,25-,26+,27+,28+,29+,30+,31+,32+,33+,34+,35+,36+,37-,38-,39+,40-/m1/s1. The first-order valence-corrected chi connectivity index (χ1v) is 24.8. The van der Waals surface area contributed by atoms with E-state index >= 15 is 0 Å². The Hall–Kier alpha value is -1.42. The molecule has 5 fully saturated rings. The highest BCUT2D eigenvalue weighted by Gasteiger charge is 2.56. The van der Waals surface area contributed by atoms with Crippen LogP contribution in [0.4, 0.5) is 0 Å². The SMILES string of the molecule is COC(=O)CCCCCCCCO[C@H]1O[C@H](CO[C@H]2O[C@H](CO)[C@@H](O)[C@H](O)[C@@H]2O[C@H]2O[C@H](COP(=O)(O)O)[C@@H](O)[C@H](O)[C@@H]2O)[C@@H](O)[C@H](O[C@H]2O[C@H](CO)[C@@H](O)[C@H](O)[C@@H]2O[C@H]2O[C@H](CO)[C@@H](O)[C@H](O)[C@@H]2O)[C@@H]1O. The molecule has 5 rings (SSSR count). The molecule has 5 saturated heterocycles. The number of aliphatic hydroxyl groups is 15. The van der Waals surface area contributed by atoms with E-state index in [1.165, 1.54) is 7.11 Å². The molecule has 0 unspecified atom stereocenters. The summed E-state index contributed by atoms with van der Waals surface area (Å²) in [7, 11) is -3.86. The van der Waals surface area contributed by atoms with Gasteiger partial charge in [-0.05, 0) is 12.8 Å². The van der Waals surface area contributed by atoms with E-state index in [-0.39, 0.29) is 19.0 Å². The number of methoxy groups -OCH3 is 1. The van der Waals surface area contributed by atoms with Crippen molar-refractivity contribution in [2.75, 3.05) is 46.8 Å². The van der Waals surface area contributed by atoms with Gasteiger partial charge in [0.2, 0.25) is 0 Å². The molecule has 5 aliphatic heterocycles. The quantitative estimate of drug-likeness (QED) is 0.0229. The molecule has 25 atom stereocenters. The van der Waals surface area contributed by atoms with Crippen molar-refractivity contribution in [1.29, 1.82) is 0 Å². The van der Waals surface area contributed by atoms with E-state index in [0.29, 0.717) is 19.3 Å². The van der Waals surface area contributed by atoms with Crippen LogP contribution >= 0.6 is 7.82 Å². The van der Waals surface area contributed by atoms with Gasteiger partial charge >= 0.3 is 13.8 Å². The average molecular weight is 1080 g/mol. The van der Waals surface area contributed by atoms with Gasteiger partial charge in [-0.15, -0.1) is 0 Å². The monoisotopic (exact) mass is 1080 g/mol. The van der Waals surface area contributed by atoms with Gasteiger partial charge in [-0.3, -0.25) is 9.32 Å². The number of aliphatic hydroxyl groups excluding tert-OH is 15. The second-order valence-electron chi connectivity index (χ2n) is 17.9. The maximum absolute atomic E-state index is 11.8. The molecular formula is C40H71O31P. The summed E-state index contributed by atoms with van der Waals surface area (Å²) in [4.78, 5) is 29.7. The molecule has 0 aromatic rings. The summed E-state index contributed by atoms with van der Waals surface area (Å²) < 4.78 is 77.7. The molecule has 0 amide bonds. The number of hydrogen-bond acceptors (Lipinski definition) is 29. The maximum atomic E-state index is 11.8. The van der Waals surface area contributed by atoms with Crippen LogP contribution in [-0.2, 0) is 66.0 Å². The smallest absolute Gasteiger partial charge is 0.469 e. The van der Waals surface area contributed by atoms with Crippen molar-refractivity contribution in [3.63, 3.8) is 0 Å². The summed E-state index contributed by atoms with van der Waals surface area (Å²) in [5.41, 5.74) is 0. The molecule has 0 radical (unpaired) electrons. The molecule has 422 valence electrons. The first-order chi connectivity index (χ1) is 34.1. The molecule has 5 aliphatic rings. The predicted molar refractivity (Wildman–Crippen MR) is 225 cm³/mol. The molecule has 72 heavy (non-hydrogen) atoms. The van der Waals surface area contributed by atoms with E-state index < -0.39 is 194 Å². The Kier molecular flexibility index (Phi) is 24.1. The van der Waals surface area contributed by atoms with E-state index in [1.807, 2.05) is 0 Å². The maximum Gasteiger partial charge on any atom is 0.469 e. The number of esters is 1. The second-order valence-corrected chi connectivity index (χ2v) is 19.1. The van der Waals surface area contributed by atoms with E-state index in [1.54, 1.807) is 0 Å². The molecule has 0 aliphatic carbocycles. The summed E-state index contributed by atoms with van der Waals surface area (Å²) in [6, 6.07) is 0. The van der Waals surface area contributed by atoms with Gasteiger partial charge in [0, 0.05) is 13.0 Å². The predicted octanol–water partition coefficient (Wildman–Crippen LogP) is -8.88. The van der Waals surface area contributed by atoms with Crippen molar-refractivity contribution in [2.24, 2.45) is 0 Å². The summed E-state index contributed by atoms with van der Waals surface area (Å²) in [5.74, 6) is -0.329. The lowest BCUT2D eigenvalue weighted by Crippen LogP contribution is -2.67. The lowest BCUT2D eigenvalue weighted by Gasteiger charge is -2.49. The van der Waals surface area contributed by atoms with Gasteiger partial charge in [0.1, 0.15) is 122 Å². The van der Waals surface area contributed by atoms with E-state index in [2.05, 4.69) is 9.26 Å². The van der Waals surface area contributed by atoms with Crippen molar-refractivity contribution in [1.82, 2.24) is 0 Å².